The van der Waals surface area contributed by atoms with E-state index >= 15 is 0 Å². The van der Waals surface area contributed by atoms with E-state index in [2.05, 4.69) is 25.1 Å². The molecule has 0 aliphatic carbocycles. The van der Waals surface area contributed by atoms with Crippen LogP contribution in [0.1, 0.15) is 31.2 Å². The number of carbonyl (C=O) groups excluding carboxylic acids is 1. The number of amides is 1. The summed E-state index contributed by atoms with van der Waals surface area (Å²) >= 11 is 5.95. The summed E-state index contributed by atoms with van der Waals surface area (Å²) in [6.07, 6.45) is 9.53. The highest BCUT2D eigenvalue weighted by atomic mass is 35.5. The van der Waals surface area contributed by atoms with Crippen molar-refractivity contribution >= 4 is 23.3 Å². The third-order valence-corrected chi connectivity index (χ3v) is 6.25. The van der Waals surface area contributed by atoms with Crippen molar-refractivity contribution in [3.8, 4) is 0 Å². The van der Waals surface area contributed by atoms with Crippen LogP contribution in [-0.2, 0) is 11.3 Å². The molecule has 0 radical (unpaired) electrons. The van der Waals surface area contributed by atoms with E-state index in [4.69, 9.17) is 11.6 Å². The van der Waals surface area contributed by atoms with E-state index in [0.29, 0.717) is 17.6 Å². The Morgan fingerprint density at radius 2 is 2.00 bits per heavy atom. The summed E-state index contributed by atoms with van der Waals surface area (Å²) in [7, 11) is 0. The number of nitrogens with zero attached hydrogens (tertiary/aromatic N) is 4. The van der Waals surface area contributed by atoms with Gasteiger partial charge in [0, 0.05) is 50.8 Å². The van der Waals surface area contributed by atoms with E-state index in [0.717, 1.165) is 63.2 Å². The molecule has 2 fully saturated rings. The van der Waals surface area contributed by atoms with Crippen LogP contribution in [0.5, 0.6) is 0 Å². The van der Waals surface area contributed by atoms with E-state index in [-0.39, 0.29) is 11.8 Å². The van der Waals surface area contributed by atoms with Gasteiger partial charge in [-0.3, -0.25) is 14.7 Å². The molecule has 2 saturated heterocycles. The van der Waals surface area contributed by atoms with Crippen molar-refractivity contribution in [2.45, 2.75) is 38.3 Å². The van der Waals surface area contributed by atoms with Gasteiger partial charge in [-0.2, -0.15) is 0 Å². The molecule has 2 aliphatic rings. The molecule has 0 unspecified atom stereocenters. The first-order valence-corrected chi connectivity index (χ1v) is 10.8. The van der Waals surface area contributed by atoms with Gasteiger partial charge in [-0.05, 0) is 56.0 Å². The number of likely N-dealkylation sites (tertiary alicyclic amines) is 1. The monoisotopic (exact) mass is 413 g/mol. The zero-order valence-corrected chi connectivity index (χ0v) is 17.4. The molecule has 6 nitrogen and oxygen atoms in total. The van der Waals surface area contributed by atoms with Crippen molar-refractivity contribution in [1.29, 1.82) is 0 Å². The van der Waals surface area contributed by atoms with Gasteiger partial charge in [0.1, 0.15) is 5.82 Å². The molecule has 29 heavy (non-hydrogen) atoms. The van der Waals surface area contributed by atoms with Gasteiger partial charge in [-0.15, -0.1) is 0 Å². The molecule has 1 atom stereocenters. The standard InChI is InChI=1S/C22H28ClN5O/c23-19-5-6-21(25-15-19)27-11-7-20(8-12-27)28-10-2-4-18(16-28)22(29)26-14-17-3-1-9-24-13-17/h1,3,5-6,9,13,15,18,20H,2,4,7-8,10-12,14,16H2,(H,26,29)/t18-/m1/s1. The molecule has 154 valence electrons. The number of rotatable bonds is 5. The number of pyridine rings is 2. The van der Waals surface area contributed by atoms with Crippen LogP contribution in [0.15, 0.2) is 42.9 Å². The van der Waals surface area contributed by atoms with Crippen molar-refractivity contribution in [3.05, 3.63) is 53.4 Å². The van der Waals surface area contributed by atoms with Crippen LogP contribution in [0.2, 0.25) is 5.02 Å². The fraction of sp³-hybridized carbons (Fsp3) is 0.500. The topological polar surface area (TPSA) is 61.4 Å². The van der Waals surface area contributed by atoms with E-state index in [1.165, 1.54) is 0 Å². The predicted molar refractivity (Wildman–Crippen MR) is 115 cm³/mol. The smallest absolute Gasteiger partial charge is 0.224 e. The maximum absolute atomic E-state index is 12.7. The zero-order valence-electron chi connectivity index (χ0n) is 16.6. The van der Waals surface area contributed by atoms with Crippen LogP contribution in [0, 0.1) is 5.92 Å². The number of hydrogen-bond donors (Lipinski definition) is 1. The Morgan fingerprint density at radius 1 is 1.14 bits per heavy atom. The summed E-state index contributed by atoms with van der Waals surface area (Å²) in [5.41, 5.74) is 1.04. The van der Waals surface area contributed by atoms with Gasteiger partial charge in [-0.1, -0.05) is 17.7 Å². The Balaban J connectivity index is 1.26. The molecular weight excluding hydrogens is 386 g/mol. The molecule has 2 aromatic heterocycles. The Kier molecular flexibility index (Phi) is 6.62. The minimum Gasteiger partial charge on any atom is -0.357 e. The lowest BCUT2D eigenvalue weighted by atomic mass is 9.93. The van der Waals surface area contributed by atoms with Crippen molar-refractivity contribution in [3.63, 3.8) is 0 Å². The maximum Gasteiger partial charge on any atom is 0.224 e. The molecule has 0 spiro atoms. The number of halogens is 1. The van der Waals surface area contributed by atoms with Crippen molar-refractivity contribution in [2.75, 3.05) is 31.1 Å². The lowest BCUT2D eigenvalue weighted by Crippen LogP contribution is -2.50. The molecule has 4 rings (SSSR count). The number of hydrogen-bond acceptors (Lipinski definition) is 5. The SMILES string of the molecule is O=C(NCc1cccnc1)[C@@H]1CCCN(C2CCN(c3ccc(Cl)cn3)CC2)C1. The summed E-state index contributed by atoms with van der Waals surface area (Å²) in [5.74, 6) is 1.25. The minimum absolute atomic E-state index is 0.0800. The molecule has 0 aromatic carbocycles. The fourth-order valence-corrected chi connectivity index (χ4v) is 4.52. The van der Waals surface area contributed by atoms with E-state index in [1.807, 2.05) is 24.3 Å². The number of nitrogens with one attached hydrogen (secondary N) is 1. The second-order valence-corrected chi connectivity index (χ2v) is 8.40. The summed E-state index contributed by atoms with van der Waals surface area (Å²) in [4.78, 5) is 26.1. The largest absolute Gasteiger partial charge is 0.357 e. The molecule has 4 heterocycles. The summed E-state index contributed by atoms with van der Waals surface area (Å²) < 4.78 is 0. The lowest BCUT2D eigenvalue weighted by molar-refractivity contribution is -0.127. The van der Waals surface area contributed by atoms with Crippen molar-refractivity contribution < 1.29 is 4.79 Å². The van der Waals surface area contributed by atoms with Crippen LogP contribution in [0.25, 0.3) is 0 Å². The first-order chi connectivity index (χ1) is 14.2. The van der Waals surface area contributed by atoms with Gasteiger partial charge in [0.2, 0.25) is 5.91 Å². The van der Waals surface area contributed by atoms with Gasteiger partial charge < -0.3 is 10.2 Å². The van der Waals surface area contributed by atoms with E-state index in [9.17, 15) is 4.79 Å². The zero-order chi connectivity index (χ0) is 20.1. The first kappa shape index (κ1) is 20.1. The van der Waals surface area contributed by atoms with Gasteiger partial charge in [-0.25, -0.2) is 4.98 Å². The Morgan fingerprint density at radius 3 is 2.72 bits per heavy atom. The molecule has 1 N–H and O–H groups in total. The van der Waals surface area contributed by atoms with Crippen molar-refractivity contribution in [2.24, 2.45) is 5.92 Å². The second kappa shape index (κ2) is 9.55. The molecular formula is C22H28ClN5O. The molecule has 1 amide bonds. The fourth-order valence-electron chi connectivity index (χ4n) is 4.40. The van der Waals surface area contributed by atoms with Crippen LogP contribution in [0.4, 0.5) is 5.82 Å². The normalized spacial score (nSPS) is 21.1. The average Bonchev–Trinajstić information content (AvgIpc) is 2.79. The van der Waals surface area contributed by atoms with E-state index in [1.54, 1.807) is 18.6 Å². The number of anilines is 1. The van der Waals surface area contributed by atoms with Crippen LogP contribution in [-0.4, -0.2) is 53.0 Å². The Bertz CT molecular complexity index is 793. The number of carbonyl (C=O) groups is 1. The van der Waals surface area contributed by atoms with Gasteiger partial charge in [0.25, 0.3) is 0 Å². The van der Waals surface area contributed by atoms with E-state index < -0.39 is 0 Å². The number of aromatic nitrogens is 2. The summed E-state index contributed by atoms with van der Waals surface area (Å²) in [5, 5.41) is 3.76. The van der Waals surface area contributed by atoms with Crippen LogP contribution >= 0.6 is 11.6 Å². The molecule has 2 aliphatic heterocycles. The van der Waals surface area contributed by atoms with Crippen LogP contribution in [0.3, 0.4) is 0 Å². The van der Waals surface area contributed by atoms with Crippen LogP contribution < -0.4 is 10.2 Å². The van der Waals surface area contributed by atoms with Crippen molar-refractivity contribution in [1.82, 2.24) is 20.2 Å². The molecule has 0 bridgehead atoms. The molecule has 0 saturated carbocycles. The number of piperidine rings is 2. The lowest BCUT2D eigenvalue weighted by Gasteiger charge is -2.42. The average molecular weight is 414 g/mol. The minimum atomic E-state index is 0.0800. The summed E-state index contributed by atoms with van der Waals surface area (Å²) in [6, 6.07) is 8.33. The molecule has 2 aromatic rings. The first-order valence-electron chi connectivity index (χ1n) is 10.5. The summed E-state index contributed by atoms with van der Waals surface area (Å²) in [6.45, 7) is 4.50. The molecule has 7 heteroatoms. The highest BCUT2D eigenvalue weighted by Gasteiger charge is 2.31. The predicted octanol–water partition coefficient (Wildman–Crippen LogP) is 3.13. The Hall–Kier alpha value is -2.18. The highest BCUT2D eigenvalue weighted by Crippen LogP contribution is 2.26. The third kappa shape index (κ3) is 5.25. The highest BCUT2D eigenvalue weighted by molar-refractivity contribution is 6.30. The Labute approximate surface area is 177 Å². The van der Waals surface area contributed by atoms with Gasteiger partial charge >= 0.3 is 0 Å². The third-order valence-electron chi connectivity index (χ3n) is 6.03. The second-order valence-electron chi connectivity index (χ2n) is 7.97. The van der Waals surface area contributed by atoms with Gasteiger partial charge in [0.05, 0.1) is 10.9 Å². The van der Waals surface area contributed by atoms with Gasteiger partial charge in [0.15, 0.2) is 0 Å². The quantitative estimate of drug-likeness (QED) is 0.815. The maximum atomic E-state index is 12.7.